The Kier molecular flexibility index (Phi) is 1.76. The molecule has 0 fully saturated rings. The molecule has 0 N–H and O–H groups in total. The molecular formula is C4H2NO. The van der Waals surface area contributed by atoms with Gasteiger partial charge in [0.25, 0.3) is 0 Å². The number of nitriles is 1. The second kappa shape index (κ2) is 2.16. The summed E-state index contributed by atoms with van der Waals surface area (Å²) in [5.74, 6) is 0. The minimum Gasteiger partial charge on any atom is -0.284 e. The van der Waals surface area contributed by atoms with E-state index in [9.17, 15) is 4.79 Å². The van der Waals surface area contributed by atoms with Crippen LogP contribution in [-0.2, 0) is 4.79 Å². The Hall–Kier alpha value is -1.10. The van der Waals surface area contributed by atoms with Gasteiger partial charge in [-0.15, -0.1) is 0 Å². The highest BCUT2D eigenvalue weighted by molar-refractivity contribution is 5.78. The third-order valence-electron chi connectivity index (χ3n) is 0.258. The standard InChI is InChI=1S/C4H2NO/c1-4(2-5)3-6/h1H2. The topological polar surface area (TPSA) is 40.9 Å². The lowest BCUT2D eigenvalue weighted by molar-refractivity contribution is 0.563. The third-order valence-corrected chi connectivity index (χ3v) is 0.258. The fourth-order valence-electron chi connectivity index (χ4n) is 0.0228. The van der Waals surface area contributed by atoms with Gasteiger partial charge in [0.15, 0.2) is 0 Å². The molecule has 0 saturated heterocycles. The molecule has 1 radical (unpaired) electrons. The van der Waals surface area contributed by atoms with Gasteiger partial charge in [-0.05, 0) is 0 Å². The molecule has 0 heterocycles. The second-order valence-electron chi connectivity index (χ2n) is 0.692. The van der Waals surface area contributed by atoms with E-state index in [0.29, 0.717) is 0 Å². The van der Waals surface area contributed by atoms with Crippen molar-refractivity contribution in [1.29, 1.82) is 5.26 Å². The van der Waals surface area contributed by atoms with Gasteiger partial charge in [-0.2, -0.15) is 5.26 Å². The van der Waals surface area contributed by atoms with Crippen molar-refractivity contribution in [2.24, 2.45) is 0 Å². The predicted molar refractivity (Wildman–Crippen MR) is 20.4 cm³/mol. The van der Waals surface area contributed by atoms with Gasteiger partial charge < -0.3 is 0 Å². The van der Waals surface area contributed by atoms with Crippen LogP contribution < -0.4 is 0 Å². The van der Waals surface area contributed by atoms with Crippen LogP contribution in [0.25, 0.3) is 0 Å². The number of rotatable bonds is 1. The lowest BCUT2D eigenvalue weighted by Gasteiger charge is -1.60. The zero-order chi connectivity index (χ0) is 4.99. The molecule has 0 spiro atoms. The van der Waals surface area contributed by atoms with Crippen molar-refractivity contribution >= 4 is 6.29 Å². The summed E-state index contributed by atoms with van der Waals surface area (Å²) in [5.41, 5.74) is -0.157. The molecule has 0 unspecified atom stereocenters. The quantitative estimate of drug-likeness (QED) is 0.333. The lowest BCUT2D eigenvalue weighted by atomic mass is 10.4. The predicted octanol–water partition coefficient (Wildman–Crippen LogP) is 0.176. The highest BCUT2D eigenvalue weighted by Gasteiger charge is 1.79. The van der Waals surface area contributed by atoms with Crippen LogP contribution in [0.4, 0.5) is 0 Å². The molecular weight excluding hydrogens is 78.1 g/mol. The molecule has 0 aliphatic carbocycles. The first-order valence-electron chi connectivity index (χ1n) is 1.28. The lowest BCUT2D eigenvalue weighted by Crippen LogP contribution is -1.69. The molecule has 0 aromatic heterocycles. The van der Waals surface area contributed by atoms with Crippen LogP contribution in [0.2, 0.25) is 0 Å². The molecule has 29 valence electrons. The van der Waals surface area contributed by atoms with Crippen LogP contribution >= 0.6 is 0 Å². The molecule has 0 atom stereocenters. The molecule has 0 amide bonds. The fourth-order valence-corrected chi connectivity index (χ4v) is 0.0228. The van der Waals surface area contributed by atoms with Crippen LogP contribution in [0.5, 0.6) is 0 Å². The summed E-state index contributed by atoms with van der Waals surface area (Å²) in [6.07, 6.45) is 1.31. The van der Waals surface area contributed by atoms with Gasteiger partial charge in [-0.25, -0.2) is 0 Å². The van der Waals surface area contributed by atoms with Crippen molar-refractivity contribution in [3.05, 3.63) is 12.2 Å². The van der Waals surface area contributed by atoms with Crippen molar-refractivity contribution in [3.63, 3.8) is 0 Å². The van der Waals surface area contributed by atoms with Crippen molar-refractivity contribution in [3.8, 4) is 6.07 Å². The second-order valence-corrected chi connectivity index (χ2v) is 0.692. The molecule has 2 nitrogen and oxygen atoms in total. The van der Waals surface area contributed by atoms with Crippen LogP contribution in [0, 0.1) is 11.3 Å². The first-order valence-corrected chi connectivity index (χ1v) is 1.28. The first kappa shape index (κ1) is 4.90. The number of allylic oxidation sites excluding steroid dienone is 1. The zero-order valence-corrected chi connectivity index (χ0v) is 3.06. The summed E-state index contributed by atoms with van der Waals surface area (Å²) in [6, 6.07) is 1.50. The number of nitrogens with zero attached hydrogens (tertiary/aromatic N) is 1. The van der Waals surface area contributed by atoms with Crippen molar-refractivity contribution in [1.82, 2.24) is 0 Å². The van der Waals surface area contributed by atoms with Crippen LogP contribution in [-0.4, -0.2) is 6.29 Å². The summed E-state index contributed by atoms with van der Waals surface area (Å²) >= 11 is 0. The maximum atomic E-state index is 9.29. The van der Waals surface area contributed by atoms with Gasteiger partial charge in [0, 0.05) is 0 Å². The molecule has 0 aromatic rings. The highest BCUT2D eigenvalue weighted by atomic mass is 16.1. The molecule has 0 saturated carbocycles. The minimum atomic E-state index is -0.157. The minimum absolute atomic E-state index is 0.157. The first-order chi connectivity index (χ1) is 2.81. The average Bonchev–Trinajstić information content (AvgIpc) is 1.65. The van der Waals surface area contributed by atoms with E-state index >= 15 is 0 Å². The Morgan fingerprint density at radius 2 is 2.33 bits per heavy atom. The Bertz CT molecular complexity index is 109. The van der Waals surface area contributed by atoms with Crippen LogP contribution in [0.15, 0.2) is 12.2 Å². The number of carbonyl (C=O) groups excluding carboxylic acids is 1. The average molecular weight is 80.1 g/mol. The normalized spacial score (nSPS) is 5.83. The monoisotopic (exact) mass is 80.0 g/mol. The third kappa shape index (κ3) is 1.24. The van der Waals surface area contributed by atoms with E-state index in [-0.39, 0.29) is 5.57 Å². The van der Waals surface area contributed by atoms with Gasteiger partial charge in [0.05, 0.1) is 5.57 Å². The number of hydrogen-bond acceptors (Lipinski definition) is 2. The SMILES string of the molecule is C=C([C]=O)C#N. The van der Waals surface area contributed by atoms with Crippen molar-refractivity contribution < 1.29 is 4.79 Å². The van der Waals surface area contributed by atoms with E-state index in [2.05, 4.69) is 6.58 Å². The van der Waals surface area contributed by atoms with E-state index in [0.717, 1.165) is 0 Å². The van der Waals surface area contributed by atoms with E-state index in [1.54, 1.807) is 0 Å². The van der Waals surface area contributed by atoms with Gasteiger partial charge >= 0.3 is 0 Å². The zero-order valence-electron chi connectivity index (χ0n) is 3.06. The summed E-state index contributed by atoms with van der Waals surface area (Å²) in [5, 5.41) is 7.72. The van der Waals surface area contributed by atoms with E-state index < -0.39 is 0 Å². The van der Waals surface area contributed by atoms with Crippen LogP contribution in [0.1, 0.15) is 0 Å². The van der Waals surface area contributed by atoms with Crippen LogP contribution in [0.3, 0.4) is 0 Å². The smallest absolute Gasteiger partial charge is 0.244 e. The van der Waals surface area contributed by atoms with Gasteiger partial charge in [-0.1, -0.05) is 6.58 Å². The summed E-state index contributed by atoms with van der Waals surface area (Å²) in [7, 11) is 0. The van der Waals surface area contributed by atoms with Crippen molar-refractivity contribution in [2.75, 3.05) is 0 Å². The van der Waals surface area contributed by atoms with E-state index in [1.165, 1.54) is 12.4 Å². The maximum Gasteiger partial charge on any atom is 0.244 e. The molecule has 6 heavy (non-hydrogen) atoms. The maximum absolute atomic E-state index is 9.29. The van der Waals surface area contributed by atoms with Crippen molar-refractivity contribution in [2.45, 2.75) is 0 Å². The molecule has 0 aliphatic heterocycles. The summed E-state index contributed by atoms with van der Waals surface area (Å²) in [4.78, 5) is 9.29. The Balaban J connectivity index is 3.63. The molecule has 0 bridgehead atoms. The largest absolute Gasteiger partial charge is 0.284 e. The molecule has 0 aromatic carbocycles. The Morgan fingerprint density at radius 1 is 1.83 bits per heavy atom. The number of hydrogen-bond donors (Lipinski definition) is 0. The molecule has 0 aliphatic rings. The Morgan fingerprint density at radius 3 is 2.33 bits per heavy atom. The van der Waals surface area contributed by atoms with Gasteiger partial charge in [0.1, 0.15) is 6.07 Å². The van der Waals surface area contributed by atoms with Gasteiger partial charge in [-0.3, -0.25) is 4.79 Å². The van der Waals surface area contributed by atoms with E-state index in [4.69, 9.17) is 5.26 Å². The molecule has 2 heteroatoms. The fraction of sp³-hybridized carbons (Fsp3) is 0. The molecule has 0 rings (SSSR count). The van der Waals surface area contributed by atoms with Gasteiger partial charge in [0.2, 0.25) is 6.29 Å². The Labute approximate surface area is 35.7 Å². The highest BCUT2D eigenvalue weighted by Crippen LogP contribution is 1.72. The summed E-state index contributed by atoms with van der Waals surface area (Å²) in [6.45, 7) is 3.01. The van der Waals surface area contributed by atoms with E-state index in [1.807, 2.05) is 0 Å². The summed E-state index contributed by atoms with van der Waals surface area (Å²) < 4.78 is 0.